The monoisotopic (exact) mass is 432 g/mol. The second-order valence-corrected chi connectivity index (χ2v) is 6.43. The molecule has 30 heavy (non-hydrogen) atoms. The Balaban J connectivity index is 1.90. The summed E-state index contributed by atoms with van der Waals surface area (Å²) >= 11 is 5.28. The normalized spacial score (nSPS) is 10.3. The number of anilines is 1. The number of hydrogen-bond donors (Lipinski definition) is 2. The van der Waals surface area contributed by atoms with Gasteiger partial charge < -0.3 is 24.3 Å². The number of carbonyl (C=O) groups is 1. The molecule has 2 aromatic rings. The van der Waals surface area contributed by atoms with Crippen molar-refractivity contribution in [2.24, 2.45) is 0 Å². The van der Waals surface area contributed by atoms with Crippen LogP contribution < -0.4 is 20.1 Å². The molecule has 0 spiro atoms. The molecule has 2 aromatic carbocycles. The summed E-state index contributed by atoms with van der Waals surface area (Å²) in [5.41, 5.74) is 1.10. The van der Waals surface area contributed by atoms with Gasteiger partial charge in [0, 0.05) is 25.0 Å². The van der Waals surface area contributed by atoms with Crippen molar-refractivity contribution in [3.8, 4) is 11.5 Å². The summed E-state index contributed by atoms with van der Waals surface area (Å²) in [6, 6.07) is 14.3. The van der Waals surface area contributed by atoms with Gasteiger partial charge >= 0.3 is 0 Å². The molecular formula is C22H28N2O5S. The van der Waals surface area contributed by atoms with E-state index >= 15 is 0 Å². The second kappa shape index (κ2) is 13.5. The van der Waals surface area contributed by atoms with E-state index in [-0.39, 0.29) is 11.0 Å². The van der Waals surface area contributed by atoms with Crippen LogP contribution in [0, 0.1) is 0 Å². The Hall–Kier alpha value is -2.68. The summed E-state index contributed by atoms with van der Waals surface area (Å²) in [7, 11) is 0. The summed E-state index contributed by atoms with van der Waals surface area (Å²) in [5, 5.41) is 5.84. The van der Waals surface area contributed by atoms with Crippen molar-refractivity contribution in [1.82, 2.24) is 5.32 Å². The molecule has 0 aliphatic heterocycles. The molecule has 0 aliphatic carbocycles. The smallest absolute Gasteiger partial charge is 0.261 e. The third-order valence-electron chi connectivity index (χ3n) is 3.84. The van der Waals surface area contributed by atoms with E-state index in [1.165, 1.54) is 0 Å². The maximum Gasteiger partial charge on any atom is 0.261 e. The van der Waals surface area contributed by atoms with Crippen molar-refractivity contribution in [1.29, 1.82) is 0 Å². The molecule has 0 bridgehead atoms. The molecular weight excluding hydrogens is 404 g/mol. The van der Waals surface area contributed by atoms with Crippen molar-refractivity contribution < 1.29 is 23.7 Å². The van der Waals surface area contributed by atoms with Crippen LogP contribution in [0.25, 0.3) is 0 Å². The fourth-order valence-corrected chi connectivity index (χ4v) is 2.70. The van der Waals surface area contributed by atoms with E-state index < -0.39 is 0 Å². The molecule has 7 nitrogen and oxygen atoms in total. The van der Waals surface area contributed by atoms with Crippen molar-refractivity contribution in [3.63, 3.8) is 0 Å². The van der Waals surface area contributed by atoms with Gasteiger partial charge in [0.1, 0.15) is 24.7 Å². The van der Waals surface area contributed by atoms with Crippen molar-refractivity contribution >= 4 is 28.9 Å². The second-order valence-electron chi connectivity index (χ2n) is 6.02. The Morgan fingerprint density at radius 1 is 0.900 bits per heavy atom. The first-order valence-corrected chi connectivity index (χ1v) is 10.3. The van der Waals surface area contributed by atoms with Crippen LogP contribution in [-0.4, -0.2) is 50.7 Å². The van der Waals surface area contributed by atoms with Crippen molar-refractivity contribution in [2.75, 3.05) is 45.0 Å². The number of amides is 1. The van der Waals surface area contributed by atoms with Crippen LogP contribution >= 0.6 is 12.2 Å². The Bertz CT molecular complexity index is 816. The highest BCUT2D eigenvalue weighted by atomic mass is 32.1. The Morgan fingerprint density at radius 2 is 1.60 bits per heavy atom. The van der Waals surface area contributed by atoms with Crippen LogP contribution in [0.1, 0.15) is 24.2 Å². The lowest BCUT2D eigenvalue weighted by molar-refractivity contribution is 0.0958. The van der Waals surface area contributed by atoms with E-state index in [9.17, 15) is 4.79 Å². The zero-order valence-corrected chi connectivity index (χ0v) is 18.1. The molecule has 162 valence electrons. The first-order valence-electron chi connectivity index (χ1n) is 9.86. The number of thiocarbonyl (C=S) groups is 1. The predicted octanol–water partition coefficient (Wildman–Crippen LogP) is 3.64. The molecule has 0 saturated carbocycles. The van der Waals surface area contributed by atoms with E-state index in [1.54, 1.807) is 30.3 Å². The SMILES string of the molecule is CCOCCOc1cccc(NC(=S)NC(=O)c2ccccc2OCCOCC)c1. The van der Waals surface area contributed by atoms with Gasteiger partial charge in [0.15, 0.2) is 5.11 Å². The topological polar surface area (TPSA) is 78.1 Å². The molecule has 2 N–H and O–H groups in total. The highest BCUT2D eigenvalue weighted by molar-refractivity contribution is 7.80. The highest BCUT2D eigenvalue weighted by Crippen LogP contribution is 2.19. The minimum atomic E-state index is -0.358. The Labute approximate surface area is 182 Å². The van der Waals surface area contributed by atoms with Crippen molar-refractivity contribution in [3.05, 3.63) is 54.1 Å². The van der Waals surface area contributed by atoms with Gasteiger partial charge in [-0.25, -0.2) is 0 Å². The van der Waals surface area contributed by atoms with Gasteiger partial charge in [0.25, 0.3) is 5.91 Å². The van der Waals surface area contributed by atoms with E-state index in [1.807, 2.05) is 32.0 Å². The van der Waals surface area contributed by atoms with Crippen LogP contribution in [0.3, 0.4) is 0 Å². The molecule has 0 atom stereocenters. The number of hydrogen-bond acceptors (Lipinski definition) is 6. The molecule has 0 heterocycles. The van der Waals surface area contributed by atoms with Crippen LogP contribution in [0.2, 0.25) is 0 Å². The van der Waals surface area contributed by atoms with Gasteiger partial charge in [-0.3, -0.25) is 10.1 Å². The first-order chi connectivity index (χ1) is 14.6. The molecule has 0 aromatic heterocycles. The molecule has 0 fully saturated rings. The molecule has 2 rings (SSSR count). The van der Waals surface area contributed by atoms with Gasteiger partial charge in [-0.05, 0) is 50.3 Å². The van der Waals surface area contributed by atoms with Gasteiger partial charge in [0.05, 0.1) is 18.8 Å². The number of ether oxygens (including phenoxy) is 4. The number of carbonyl (C=O) groups excluding carboxylic acids is 1. The van der Waals surface area contributed by atoms with Gasteiger partial charge in [-0.15, -0.1) is 0 Å². The highest BCUT2D eigenvalue weighted by Gasteiger charge is 2.13. The molecule has 0 saturated heterocycles. The molecule has 8 heteroatoms. The van der Waals surface area contributed by atoms with E-state index in [2.05, 4.69) is 10.6 Å². The third-order valence-corrected chi connectivity index (χ3v) is 4.04. The maximum absolute atomic E-state index is 12.6. The lowest BCUT2D eigenvalue weighted by atomic mass is 10.2. The van der Waals surface area contributed by atoms with Crippen LogP contribution in [0.15, 0.2) is 48.5 Å². The van der Waals surface area contributed by atoms with E-state index in [0.717, 1.165) is 0 Å². The average Bonchev–Trinajstić information content (AvgIpc) is 2.75. The lowest BCUT2D eigenvalue weighted by Crippen LogP contribution is -2.34. The van der Waals surface area contributed by atoms with Crippen molar-refractivity contribution in [2.45, 2.75) is 13.8 Å². The van der Waals surface area contributed by atoms with E-state index in [4.69, 9.17) is 31.2 Å². The number of para-hydroxylation sites is 1. The number of benzene rings is 2. The quantitative estimate of drug-likeness (QED) is 0.392. The maximum atomic E-state index is 12.6. The number of rotatable bonds is 12. The Morgan fingerprint density at radius 3 is 2.33 bits per heavy atom. The van der Waals surface area contributed by atoms with Crippen LogP contribution in [0.4, 0.5) is 5.69 Å². The fourth-order valence-electron chi connectivity index (χ4n) is 2.49. The van der Waals surface area contributed by atoms with Gasteiger partial charge in [0.2, 0.25) is 0 Å². The number of nitrogens with one attached hydrogen (secondary N) is 2. The molecule has 1 amide bonds. The predicted molar refractivity (Wildman–Crippen MR) is 121 cm³/mol. The van der Waals surface area contributed by atoms with Gasteiger partial charge in [-0.2, -0.15) is 0 Å². The molecule has 0 radical (unpaired) electrons. The minimum absolute atomic E-state index is 0.176. The zero-order chi connectivity index (χ0) is 21.6. The summed E-state index contributed by atoms with van der Waals surface area (Å²) in [6.45, 7) is 6.91. The fraction of sp³-hybridized carbons (Fsp3) is 0.364. The first kappa shape index (κ1) is 23.6. The largest absolute Gasteiger partial charge is 0.491 e. The summed E-state index contributed by atoms with van der Waals surface area (Å²) in [5.74, 6) is 0.799. The summed E-state index contributed by atoms with van der Waals surface area (Å²) < 4.78 is 21.8. The standard InChI is InChI=1S/C22H28N2O5S/c1-3-26-12-14-28-18-9-7-8-17(16-18)23-22(30)24-21(25)19-10-5-6-11-20(19)29-15-13-27-4-2/h5-11,16H,3-4,12-15H2,1-2H3,(H2,23,24,25,30). The van der Waals surface area contributed by atoms with E-state index in [0.29, 0.717) is 62.4 Å². The Kier molecular flexibility index (Phi) is 10.6. The molecule has 0 unspecified atom stereocenters. The third kappa shape index (κ3) is 8.36. The zero-order valence-electron chi connectivity index (χ0n) is 17.3. The van der Waals surface area contributed by atoms with Gasteiger partial charge in [-0.1, -0.05) is 18.2 Å². The molecule has 0 aliphatic rings. The van der Waals surface area contributed by atoms with Crippen LogP contribution in [-0.2, 0) is 9.47 Å². The average molecular weight is 433 g/mol. The lowest BCUT2D eigenvalue weighted by Gasteiger charge is -2.14. The minimum Gasteiger partial charge on any atom is -0.491 e. The summed E-state index contributed by atoms with van der Waals surface area (Å²) in [6.07, 6.45) is 0. The summed E-state index contributed by atoms with van der Waals surface area (Å²) in [4.78, 5) is 12.6. The van der Waals surface area contributed by atoms with Crippen LogP contribution in [0.5, 0.6) is 11.5 Å².